The van der Waals surface area contributed by atoms with Crippen LogP contribution in [0, 0.1) is 11.8 Å². The maximum atomic E-state index is 12.3. The Morgan fingerprint density at radius 3 is 2.74 bits per heavy atom. The summed E-state index contributed by atoms with van der Waals surface area (Å²) in [6.45, 7) is 1.50. The number of hydrogen-bond acceptors (Lipinski definition) is 3. The highest BCUT2D eigenvalue weighted by Gasteiger charge is 2.39. The SMILES string of the molecule is O=C(Oc1ccccc1)N1CC2C=C(c3cccnc3)CC2C1. The van der Waals surface area contributed by atoms with Gasteiger partial charge in [0.1, 0.15) is 5.75 Å². The van der Waals surface area contributed by atoms with Crippen molar-refractivity contribution in [1.29, 1.82) is 0 Å². The van der Waals surface area contributed by atoms with Gasteiger partial charge < -0.3 is 9.64 Å². The molecule has 2 aliphatic rings. The van der Waals surface area contributed by atoms with E-state index in [9.17, 15) is 4.79 Å². The zero-order valence-corrected chi connectivity index (χ0v) is 12.8. The summed E-state index contributed by atoms with van der Waals surface area (Å²) in [5, 5.41) is 0. The van der Waals surface area contributed by atoms with Gasteiger partial charge in [-0.15, -0.1) is 0 Å². The van der Waals surface area contributed by atoms with Gasteiger partial charge in [-0.3, -0.25) is 4.98 Å². The summed E-state index contributed by atoms with van der Waals surface area (Å²) in [5.74, 6) is 1.52. The van der Waals surface area contributed by atoms with E-state index in [1.54, 1.807) is 18.3 Å². The Kier molecular flexibility index (Phi) is 3.58. The van der Waals surface area contributed by atoms with Gasteiger partial charge in [0.05, 0.1) is 0 Å². The summed E-state index contributed by atoms with van der Waals surface area (Å²) in [7, 11) is 0. The van der Waals surface area contributed by atoms with Crippen molar-refractivity contribution in [2.75, 3.05) is 13.1 Å². The number of para-hydroxylation sites is 1. The van der Waals surface area contributed by atoms with Crippen LogP contribution in [0.3, 0.4) is 0 Å². The van der Waals surface area contributed by atoms with Crippen molar-refractivity contribution < 1.29 is 9.53 Å². The number of allylic oxidation sites excluding steroid dienone is 1. The predicted octanol–water partition coefficient (Wildman–Crippen LogP) is 3.62. The molecule has 0 radical (unpaired) electrons. The monoisotopic (exact) mass is 306 g/mol. The number of pyridine rings is 1. The zero-order chi connectivity index (χ0) is 15.6. The average Bonchev–Trinajstić information content (AvgIpc) is 3.15. The second-order valence-corrected chi connectivity index (χ2v) is 6.15. The van der Waals surface area contributed by atoms with E-state index in [-0.39, 0.29) is 6.09 Å². The van der Waals surface area contributed by atoms with Gasteiger partial charge in [-0.25, -0.2) is 4.79 Å². The van der Waals surface area contributed by atoms with Crippen molar-refractivity contribution in [2.45, 2.75) is 6.42 Å². The number of benzene rings is 1. The lowest BCUT2D eigenvalue weighted by Crippen LogP contribution is -2.32. The van der Waals surface area contributed by atoms with Gasteiger partial charge in [-0.2, -0.15) is 0 Å². The number of carbonyl (C=O) groups excluding carboxylic acids is 1. The fraction of sp³-hybridized carbons (Fsp3) is 0.263. The quantitative estimate of drug-likeness (QED) is 0.851. The standard InChI is InChI=1S/C19H18N2O2/c22-19(23-18-6-2-1-3-7-18)21-12-16-9-15(10-17(16)13-21)14-5-4-8-20-11-14/h1-9,11,16-17H,10,12-13H2. The molecule has 1 saturated heterocycles. The maximum Gasteiger partial charge on any atom is 0.415 e. The van der Waals surface area contributed by atoms with Gasteiger partial charge in [-0.05, 0) is 47.6 Å². The van der Waals surface area contributed by atoms with E-state index < -0.39 is 0 Å². The lowest BCUT2D eigenvalue weighted by atomic mass is 9.99. The third-order valence-electron chi connectivity index (χ3n) is 4.63. The summed E-state index contributed by atoms with van der Waals surface area (Å²) in [6, 6.07) is 13.3. The summed E-state index contributed by atoms with van der Waals surface area (Å²) in [4.78, 5) is 18.3. The minimum absolute atomic E-state index is 0.248. The Hall–Kier alpha value is -2.62. The molecule has 2 unspecified atom stereocenters. The summed E-state index contributed by atoms with van der Waals surface area (Å²) < 4.78 is 5.43. The van der Waals surface area contributed by atoms with Crippen LogP contribution in [0.25, 0.3) is 5.57 Å². The van der Waals surface area contributed by atoms with Crippen LogP contribution in [0.5, 0.6) is 5.75 Å². The number of hydrogen-bond donors (Lipinski definition) is 0. The van der Waals surface area contributed by atoms with E-state index in [1.165, 1.54) is 11.1 Å². The van der Waals surface area contributed by atoms with Crippen LogP contribution in [0.4, 0.5) is 4.79 Å². The Balaban J connectivity index is 1.41. The van der Waals surface area contributed by atoms with Crippen LogP contribution < -0.4 is 4.74 Å². The minimum atomic E-state index is -0.248. The molecule has 2 aromatic rings. The first-order valence-electron chi connectivity index (χ1n) is 7.92. The van der Waals surface area contributed by atoms with E-state index in [1.807, 2.05) is 35.4 Å². The van der Waals surface area contributed by atoms with Crippen LogP contribution in [0.2, 0.25) is 0 Å². The molecule has 0 N–H and O–H groups in total. The second kappa shape index (κ2) is 5.88. The molecule has 116 valence electrons. The Bertz CT molecular complexity index is 728. The highest BCUT2D eigenvalue weighted by molar-refractivity contribution is 5.73. The lowest BCUT2D eigenvalue weighted by molar-refractivity contribution is 0.160. The molecule has 4 heteroatoms. The van der Waals surface area contributed by atoms with Crippen molar-refractivity contribution in [3.05, 3.63) is 66.5 Å². The van der Waals surface area contributed by atoms with Crippen molar-refractivity contribution in [2.24, 2.45) is 11.8 Å². The van der Waals surface area contributed by atoms with Crippen molar-refractivity contribution >= 4 is 11.7 Å². The Morgan fingerprint density at radius 2 is 2.00 bits per heavy atom. The number of ether oxygens (including phenoxy) is 1. The first kappa shape index (κ1) is 14.0. The van der Waals surface area contributed by atoms with E-state index in [2.05, 4.69) is 17.1 Å². The van der Waals surface area contributed by atoms with E-state index in [0.717, 1.165) is 19.5 Å². The largest absolute Gasteiger partial charge is 0.415 e. The zero-order valence-electron chi connectivity index (χ0n) is 12.8. The second-order valence-electron chi connectivity index (χ2n) is 6.15. The molecular weight excluding hydrogens is 288 g/mol. The van der Waals surface area contributed by atoms with Gasteiger partial charge in [0.25, 0.3) is 0 Å². The van der Waals surface area contributed by atoms with Gasteiger partial charge in [-0.1, -0.05) is 30.3 Å². The first-order chi connectivity index (χ1) is 11.3. The molecule has 0 saturated carbocycles. The number of amides is 1. The van der Waals surface area contributed by atoms with Crippen LogP contribution in [0.1, 0.15) is 12.0 Å². The molecule has 2 atom stereocenters. The lowest BCUT2D eigenvalue weighted by Gasteiger charge is -2.17. The predicted molar refractivity (Wildman–Crippen MR) is 87.9 cm³/mol. The fourth-order valence-corrected chi connectivity index (χ4v) is 3.48. The van der Waals surface area contributed by atoms with Crippen LogP contribution in [0.15, 0.2) is 60.9 Å². The minimum Gasteiger partial charge on any atom is -0.410 e. The Labute approximate surface area is 135 Å². The van der Waals surface area contributed by atoms with Crippen molar-refractivity contribution in [3.8, 4) is 5.75 Å². The molecule has 4 rings (SSSR count). The van der Waals surface area contributed by atoms with E-state index >= 15 is 0 Å². The van der Waals surface area contributed by atoms with E-state index in [0.29, 0.717) is 17.6 Å². The third-order valence-corrected chi connectivity index (χ3v) is 4.63. The molecule has 23 heavy (non-hydrogen) atoms. The number of carbonyl (C=O) groups is 1. The van der Waals surface area contributed by atoms with Gasteiger partial charge >= 0.3 is 6.09 Å². The summed E-state index contributed by atoms with van der Waals surface area (Å²) in [5.41, 5.74) is 2.55. The number of rotatable bonds is 2. The van der Waals surface area contributed by atoms with Gasteiger partial charge in [0, 0.05) is 25.5 Å². The van der Waals surface area contributed by atoms with Crippen molar-refractivity contribution in [3.63, 3.8) is 0 Å². The van der Waals surface area contributed by atoms with Crippen LogP contribution in [-0.2, 0) is 0 Å². The number of nitrogens with zero attached hydrogens (tertiary/aromatic N) is 2. The first-order valence-corrected chi connectivity index (χ1v) is 7.92. The molecule has 1 aromatic heterocycles. The van der Waals surface area contributed by atoms with Gasteiger partial charge in [0.2, 0.25) is 0 Å². The smallest absolute Gasteiger partial charge is 0.410 e. The van der Waals surface area contributed by atoms with Crippen molar-refractivity contribution in [1.82, 2.24) is 9.88 Å². The maximum absolute atomic E-state index is 12.3. The number of aromatic nitrogens is 1. The van der Waals surface area contributed by atoms with Gasteiger partial charge in [0.15, 0.2) is 0 Å². The molecule has 1 fully saturated rings. The third kappa shape index (κ3) is 2.84. The average molecular weight is 306 g/mol. The number of likely N-dealkylation sites (tertiary alicyclic amines) is 1. The summed E-state index contributed by atoms with van der Waals surface area (Å²) in [6.07, 6.45) is 6.76. The molecular formula is C19H18N2O2. The molecule has 0 spiro atoms. The molecule has 1 aromatic carbocycles. The topological polar surface area (TPSA) is 42.4 Å². The fourth-order valence-electron chi connectivity index (χ4n) is 3.48. The number of fused-ring (bicyclic) bond motifs is 1. The molecule has 0 bridgehead atoms. The van der Waals surface area contributed by atoms with Crippen LogP contribution >= 0.6 is 0 Å². The molecule has 2 heterocycles. The normalized spacial score (nSPS) is 22.6. The van der Waals surface area contributed by atoms with Crippen LogP contribution in [-0.4, -0.2) is 29.1 Å². The molecule has 4 nitrogen and oxygen atoms in total. The Morgan fingerprint density at radius 1 is 1.13 bits per heavy atom. The highest BCUT2D eigenvalue weighted by Crippen LogP contribution is 2.40. The molecule has 1 aliphatic carbocycles. The highest BCUT2D eigenvalue weighted by atomic mass is 16.6. The molecule has 1 amide bonds. The molecule has 1 aliphatic heterocycles. The summed E-state index contributed by atoms with van der Waals surface area (Å²) >= 11 is 0. The van der Waals surface area contributed by atoms with E-state index in [4.69, 9.17) is 4.74 Å².